The van der Waals surface area contributed by atoms with Crippen molar-refractivity contribution < 1.29 is 33.1 Å². The first-order chi connectivity index (χ1) is 12.5. The van der Waals surface area contributed by atoms with Crippen LogP contribution >= 0.6 is 0 Å². The number of furan rings is 1. The molecule has 1 atom stereocenters. The number of nitro groups is 1. The van der Waals surface area contributed by atoms with Crippen LogP contribution < -0.4 is 14.8 Å². The van der Waals surface area contributed by atoms with E-state index in [0.717, 1.165) is 12.1 Å². The van der Waals surface area contributed by atoms with Crippen molar-refractivity contribution in [3.8, 4) is 11.5 Å². The topological polar surface area (TPSA) is 130 Å². The first-order valence-electron chi connectivity index (χ1n) is 7.55. The van der Waals surface area contributed by atoms with Gasteiger partial charge >= 0.3 is 5.97 Å². The van der Waals surface area contributed by atoms with Crippen molar-refractivity contribution in [1.29, 1.82) is 0 Å². The van der Waals surface area contributed by atoms with E-state index in [2.05, 4.69) is 5.32 Å². The van der Waals surface area contributed by atoms with Gasteiger partial charge in [-0.3, -0.25) is 14.9 Å². The minimum Gasteiger partial charge on any atom is -0.467 e. The summed E-state index contributed by atoms with van der Waals surface area (Å²) in [6.07, 6.45) is 0.298. The molecule has 26 heavy (non-hydrogen) atoms. The van der Waals surface area contributed by atoms with E-state index in [4.69, 9.17) is 18.6 Å². The maximum Gasteiger partial charge on any atom is 0.346 e. The number of benzene rings is 1. The Balaban J connectivity index is 1.69. The fourth-order valence-electron chi connectivity index (χ4n) is 2.25. The Bertz CT molecular complexity index is 846. The van der Waals surface area contributed by atoms with E-state index >= 15 is 0 Å². The second kappa shape index (κ2) is 7.13. The van der Waals surface area contributed by atoms with Gasteiger partial charge < -0.3 is 23.9 Å². The summed E-state index contributed by atoms with van der Waals surface area (Å²) in [6.45, 7) is 1.38. The molecule has 0 fully saturated rings. The van der Waals surface area contributed by atoms with Gasteiger partial charge in [0.05, 0.1) is 23.8 Å². The number of ether oxygens (including phenoxy) is 3. The number of nitrogens with zero attached hydrogens (tertiary/aromatic N) is 1. The normalized spacial score (nSPS) is 13.1. The smallest absolute Gasteiger partial charge is 0.346 e. The van der Waals surface area contributed by atoms with Crippen LogP contribution in [0.2, 0.25) is 0 Å². The molecule has 0 unspecified atom stereocenters. The van der Waals surface area contributed by atoms with E-state index in [1.54, 1.807) is 12.1 Å². The number of hydrogen-bond acceptors (Lipinski definition) is 8. The van der Waals surface area contributed by atoms with E-state index in [0.29, 0.717) is 5.76 Å². The number of fused-ring (bicyclic) bond motifs is 1. The van der Waals surface area contributed by atoms with Crippen LogP contribution in [0, 0.1) is 10.1 Å². The number of esters is 1. The highest BCUT2D eigenvalue weighted by molar-refractivity contribution is 5.96. The number of hydrogen-bond donors (Lipinski definition) is 1. The number of carbonyl (C=O) groups excluding carboxylic acids is 2. The third-order valence-electron chi connectivity index (χ3n) is 3.58. The third-order valence-corrected chi connectivity index (χ3v) is 3.58. The number of rotatable bonds is 6. The summed E-state index contributed by atoms with van der Waals surface area (Å²) in [6, 6.07) is 5.59. The van der Waals surface area contributed by atoms with Crippen LogP contribution in [0.3, 0.4) is 0 Å². The predicted molar refractivity (Wildman–Crippen MR) is 84.7 cm³/mol. The average Bonchev–Trinajstić information content (AvgIpc) is 3.29. The van der Waals surface area contributed by atoms with E-state index < -0.39 is 28.6 Å². The van der Waals surface area contributed by atoms with Crippen molar-refractivity contribution in [2.75, 3.05) is 6.79 Å². The van der Waals surface area contributed by atoms with Crippen LogP contribution in [0.4, 0.5) is 5.69 Å². The first kappa shape index (κ1) is 17.3. The molecule has 1 aromatic heterocycles. The van der Waals surface area contributed by atoms with Crippen molar-refractivity contribution in [3.05, 3.63) is 52.0 Å². The predicted octanol–water partition coefficient (Wildman–Crippen LogP) is 1.78. The lowest BCUT2D eigenvalue weighted by molar-refractivity contribution is -0.385. The molecule has 2 aromatic rings. The Morgan fingerprint density at radius 2 is 2.08 bits per heavy atom. The maximum absolute atomic E-state index is 12.3. The molecule has 0 radical (unpaired) electrons. The summed E-state index contributed by atoms with van der Waals surface area (Å²) in [5.41, 5.74) is -0.827. The number of amides is 1. The molecule has 3 rings (SSSR count). The zero-order valence-electron chi connectivity index (χ0n) is 13.6. The lowest BCUT2D eigenvalue weighted by atomic mass is 10.1. The summed E-state index contributed by atoms with van der Waals surface area (Å²) in [5.74, 6) is -0.702. The first-order valence-corrected chi connectivity index (χ1v) is 7.55. The zero-order chi connectivity index (χ0) is 18.7. The molecule has 1 aromatic carbocycles. The fraction of sp³-hybridized carbons (Fsp3) is 0.250. The Morgan fingerprint density at radius 3 is 2.73 bits per heavy atom. The van der Waals surface area contributed by atoms with Crippen LogP contribution in [-0.2, 0) is 16.1 Å². The molecule has 136 valence electrons. The summed E-state index contributed by atoms with van der Waals surface area (Å²) < 4.78 is 20.3. The SMILES string of the molecule is C[C@H](OC(=O)c1cc2c(cc1[N+](=O)[O-])OCO2)C(=O)NCc1ccco1. The summed E-state index contributed by atoms with van der Waals surface area (Å²) in [7, 11) is 0. The summed E-state index contributed by atoms with van der Waals surface area (Å²) in [5, 5.41) is 13.7. The van der Waals surface area contributed by atoms with Crippen LogP contribution in [0.5, 0.6) is 11.5 Å². The molecule has 10 heteroatoms. The molecular weight excluding hydrogens is 348 g/mol. The molecule has 10 nitrogen and oxygen atoms in total. The number of nitrogens with one attached hydrogen (secondary N) is 1. The average molecular weight is 362 g/mol. The van der Waals surface area contributed by atoms with Crippen LogP contribution in [0.15, 0.2) is 34.9 Å². The van der Waals surface area contributed by atoms with Crippen molar-refractivity contribution in [2.45, 2.75) is 19.6 Å². The third kappa shape index (κ3) is 3.58. The molecular formula is C16H14N2O8. The highest BCUT2D eigenvalue weighted by Crippen LogP contribution is 2.38. The van der Waals surface area contributed by atoms with Crippen molar-refractivity contribution in [3.63, 3.8) is 0 Å². The molecule has 1 aliphatic heterocycles. The van der Waals surface area contributed by atoms with Crippen LogP contribution in [0.25, 0.3) is 0 Å². The van der Waals surface area contributed by atoms with Crippen molar-refractivity contribution in [2.24, 2.45) is 0 Å². The Kier molecular flexibility index (Phi) is 4.74. The number of carbonyl (C=O) groups is 2. The molecule has 2 heterocycles. The minimum absolute atomic E-state index is 0.101. The van der Waals surface area contributed by atoms with Gasteiger partial charge in [-0.05, 0) is 19.1 Å². The standard InChI is InChI=1S/C16H14N2O8/c1-9(15(19)17-7-10-3-2-4-23-10)26-16(20)11-5-13-14(25-8-24-13)6-12(11)18(21)22/h2-6,9H,7-8H2,1H3,(H,17,19)/t9-/m0/s1. The van der Waals surface area contributed by atoms with Gasteiger partial charge in [0.15, 0.2) is 17.6 Å². The summed E-state index contributed by atoms with van der Waals surface area (Å²) in [4.78, 5) is 34.8. The molecule has 1 amide bonds. The highest BCUT2D eigenvalue weighted by Gasteiger charge is 2.30. The minimum atomic E-state index is -1.16. The van der Waals surface area contributed by atoms with E-state index in [-0.39, 0.29) is 30.4 Å². The molecule has 0 spiro atoms. The molecule has 0 aliphatic carbocycles. The van der Waals surface area contributed by atoms with E-state index in [1.807, 2.05) is 0 Å². The maximum atomic E-state index is 12.3. The van der Waals surface area contributed by atoms with Crippen LogP contribution in [-0.4, -0.2) is 29.7 Å². The van der Waals surface area contributed by atoms with Crippen molar-refractivity contribution in [1.82, 2.24) is 5.32 Å². The van der Waals surface area contributed by atoms with Gasteiger partial charge in [0.1, 0.15) is 11.3 Å². The largest absolute Gasteiger partial charge is 0.467 e. The fourth-order valence-corrected chi connectivity index (χ4v) is 2.25. The molecule has 1 N–H and O–H groups in total. The van der Waals surface area contributed by atoms with Gasteiger partial charge in [0, 0.05) is 6.07 Å². The van der Waals surface area contributed by atoms with Gasteiger partial charge in [0.25, 0.3) is 11.6 Å². The monoisotopic (exact) mass is 362 g/mol. The Labute approximate surface area is 146 Å². The Morgan fingerprint density at radius 1 is 1.35 bits per heavy atom. The lowest BCUT2D eigenvalue weighted by Crippen LogP contribution is -2.35. The zero-order valence-corrected chi connectivity index (χ0v) is 13.6. The molecule has 0 bridgehead atoms. The number of nitro benzene ring substituents is 1. The Hall–Kier alpha value is -3.56. The lowest BCUT2D eigenvalue weighted by Gasteiger charge is -2.13. The summed E-state index contributed by atoms with van der Waals surface area (Å²) >= 11 is 0. The van der Waals surface area contributed by atoms with E-state index in [9.17, 15) is 19.7 Å². The van der Waals surface area contributed by atoms with Gasteiger partial charge in [0.2, 0.25) is 6.79 Å². The van der Waals surface area contributed by atoms with Crippen LogP contribution in [0.1, 0.15) is 23.0 Å². The molecule has 1 aliphatic rings. The van der Waals surface area contributed by atoms with Crippen molar-refractivity contribution >= 4 is 17.6 Å². The second-order valence-corrected chi connectivity index (χ2v) is 5.32. The van der Waals surface area contributed by atoms with Gasteiger partial charge in [-0.25, -0.2) is 4.79 Å². The molecule has 0 saturated carbocycles. The molecule has 0 saturated heterocycles. The quantitative estimate of drug-likeness (QED) is 0.467. The van der Waals surface area contributed by atoms with Gasteiger partial charge in [-0.2, -0.15) is 0 Å². The van der Waals surface area contributed by atoms with Gasteiger partial charge in [-0.15, -0.1) is 0 Å². The highest BCUT2D eigenvalue weighted by atomic mass is 16.7. The van der Waals surface area contributed by atoms with E-state index in [1.165, 1.54) is 13.2 Å². The van der Waals surface area contributed by atoms with Gasteiger partial charge in [-0.1, -0.05) is 0 Å². The second-order valence-electron chi connectivity index (χ2n) is 5.32.